The Labute approximate surface area is 109 Å². The molecule has 0 aromatic carbocycles. The first-order chi connectivity index (χ1) is 7.74. The third-order valence-electron chi connectivity index (χ3n) is 1.73. The van der Waals surface area contributed by atoms with Gasteiger partial charge in [-0.15, -0.1) is 0 Å². The number of hydrogen-bond acceptors (Lipinski definition) is 2. The number of rotatable bonds is 7. The lowest BCUT2D eigenvalue weighted by atomic mass is 10.4. The highest BCUT2D eigenvalue weighted by Gasteiger charge is 1.74. The molecular weight excluding hydrogens is 214 g/mol. The Bertz CT molecular complexity index is 59.1. The molecule has 0 aliphatic carbocycles. The van der Waals surface area contributed by atoms with Crippen molar-refractivity contribution >= 4 is 11.8 Å². The van der Waals surface area contributed by atoms with Crippen LogP contribution in [0, 0.1) is 0 Å². The molecule has 0 aromatic heterocycles. The van der Waals surface area contributed by atoms with Gasteiger partial charge in [0.05, 0.1) is 0 Å². The van der Waals surface area contributed by atoms with Crippen molar-refractivity contribution in [1.29, 1.82) is 0 Å². The molecule has 0 spiro atoms. The maximum absolute atomic E-state index is 3.20. The molecule has 0 saturated heterocycles. The molecular formula is C14H35NS. The molecule has 0 bridgehead atoms. The van der Waals surface area contributed by atoms with Gasteiger partial charge in [0.2, 0.25) is 0 Å². The summed E-state index contributed by atoms with van der Waals surface area (Å²) < 4.78 is 0. The van der Waals surface area contributed by atoms with E-state index in [1.54, 1.807) is 0 Å². The van der Waals surface area contributed by atoms with Gasteiger partial charge in [-0.3, -0.25) is 0 Å². The van der Waals surface area contributed by atoms with Crippen LogP contribution < -0.4 is 5.32 Å². The fourth-order valence-corrected chi connectivity index (χ4v) is 1.22. The molecule has 0 amide bonds. The Hall–Kier alpha value is 0.310. The van der Waals surface area contributed by atoms with Crippen molar-refractivity contribution in [2.45, 2.75) is 67.2 Å². The summed E-state index contributed by atoms with van der Waals surface area (Å²) in [5.41, 5.74) is 0. The minimum atomic E-state index is 1.10. The summed E-state index contributed by atoms with van der Waals surface area (Å²) in [6.07, 6.45) is 5.20. The topological polar surface area (TPSA) is 12.0 Å². The lowest BCUT2D eigenvalue weighted by Gasteiger charge is -1.91. The van der Waals surface area contributed by atoms with Crippen molar-refractivity contribution in [2.75, 3.05) is 24.6 Å². The van der Waals surface area contributed by atoms with Crippen LogP contribution in [0.15, 0.2) is 0 Å². The first-order valence-electron chi connectivity index (χ1n) is 7.03. The molecule has 0 atom stereocenters. The van der Waals surface area contributed by atoms with Gasteiger partial charge in [0.1, 0.15) is 0 Å². The van der Waals surface area contributed by atoms with Gasteiger partial charge in [-0.25, -0.2) is 0 Å². The molecule has 2 heteroatoms. The quantitative estimate of drug-likeness (QED) is 0.640. The second-order valence-corrected chi connectivity index (χ2v) is 4.94. The third kappa shape index (κ3) is 47.4. The zero-order valence-electron chi connectivity index (χ0n) is 12.6. The smallest absolute Gasteiger partial charge is 0.00517 e. The van der Waals surface area contributed by atoms with Gasteiger partial charge in [-0.1, -0.05) is 54.4 Å². The van der Waals surface area contributed by atoms with Crippen LogP contribution in [0.3, 0.4) is 0 Å². The molecule has 0 unspecified atom stereocenters. The number of hydrogen-bond donors (Lipinski definition) is 1. The van der Waals surface area contributed by atoms with Crippen molar-refractivity contribution in [1.82, 2.24) is 5.32 Å². The molecule has 0 heterocycles. The molecule has 0 rings (SSSR count). The van der Waals surface area contributed by atoms with E-state index in [0.29, 0.717) is 0 Å². The van der Waals surface area contributed by atoms with E-state index in [1.165, 1.54) is 37.2 Å². The Morgan fingerprint density at radius 1 is 0.750 bits per heavy atom. The summed E-state index contributed by atoms with van der Waals surface area (Å²) in [6, 6.07) is 0. The van der Waals surface area contributed by atoms with Crippen LogP contribution in [-0.4, -0.2) is 24.6 Å². The summed E-state index contributed by atoms with van der Waals surface area (Å²) in [7, 11) is 0. The van der Waals surface area contributed by atoms with Crippen molar-refractivity contribution in [2.24, 2.45) is 0 Å². The molecule has 0 aromatic rings. The number of nitrogens with one attached hydrogen (secondary N) is 1. The molecule has 1 N–H and O–H groups in total. The molecule has 16 heavy (non-hydrogen) atoms. The Morgan fingerprint density at radius 2 is 1.31 bits per heavy atom. The largest absolute Gasteiger partial charge is 0.317 e. The van der Waals surface area contributed by atoms with Gasteiger partial charge in [-0.05, 0) is 37.4 Å². The van der Waals surface area contributed by atoms with Gasteiger partial charge >= 0.3 is 0 Å². The van der Waals surface area contributed by atoms with Crippen molar-refractivity contribution in [3.05, 3.63) is 0 Å². The second kappa shape index (κ2) is 29.5. The van der Waals surface area contributed by atoms with E-state index in [1.807, 2.05) is 11.8 Å². The maximum atomic E-state index is 3.20. The fraction of sp³-hybridized carbons (Fsp3) is 1.00. The van der Waals surface area contributed by atoms with Gasteiger partial charge in [0.15, 0.2) is 0 Å². The van der Waals surface area contributed by atoms with E-state index in [9.17, 15) is 0 Å². The average molecular weight is 250 g/mol. The van der Waals surface area contributed by atoms with Crippen LogP contribution in [0.1, 0.15) is 67.2 Å². The van der Waals surface area contributed by atoms with Gasteiger partial charge < -0.3 is 5.32 Å². The van der Waals surface area contributed by atoms with Gasteiger partial charge in [0, 0.05) is 0 Å². The molecule has 1 nitrogen and oxygen atoms in total. The van der Waals surface area contributed by atoms with Crippen LogP contribution in [0.5, 0.6) is 0 Å². The van der Waals surface area contributed by atoms with Crippen LogP contribution in [0.4, 0.5) is 0 Å². The summed E-state index contributed by atoms with van der Waals surface area (Å²) in [6.45, 7) is 15.3. The molecule has 0 fully saturated rings. The highest BCUT2D eigenvalue weighted by molar-refractivity contribution is 7.99. The average Bonchev–Trinajstić information content (AvgIpc) is 2.34. The SMILES string of the molecule is CCCC.CCCNCC.CCCSCC. The monoisotopic (exact) mass is 249 g/mol. The van der Waals surface area contributed by atoms with E-state index in [4.69, 9.17) is 0 Å². The molecule has 102 valence electrons. The highest BCUT2D eigenvalue weighted by Crippen LogP contribution is 1.98. The number of unbranched alkanes of at least 4 members (excludes halogenated alkanes) is 1. The third-order valence-corrected chi connectivity index (χ3v) is 2.83. The minimum Gasteiger partial charge on any atom is -0.317 e. The van der Waals surface area contributed by atoms with E-state index >= 15 is 0 Å². The molecule has 0 radical (unpaired) electrons. The highest BCUT2D eigenvalue weighted by atomic mass is 32.2. The Morgan fingerprint density at radius 3 is 1.44 bits per heavy atom. The van der Waals surface area contributed by atoms with Crippen LogP contribution in [0.2, 0.25) is 0 Å². The van der Waals surface area contributed by atoms with E-state index < -0.39 is 0 Å². The number of thioether (sulfide) groups is 1. The zero-order chi connectivity index (χ0) is 13.1. The van der Waals surface area contributed by atoms with Crippen molar-refractivity contribution in [3.8, 4) is 0 Å². The summed E-state index contributed by atoms with van der Waals surface area (Å²) in [5.74, 6) is 2.60. The van der Waals surface area contributed by atoms with E-state index in [-0.39, 0.29) is 0 Å². The maximum Gasteiger partial charge on any atom is -0.00517 e. The summed E-state index contributed by atoms with van der Waals surface area (Å²) in [5, 5.41) is 3.20. The molecule has 0 aliphatic rings. The van der Waals surface area contributed by atoms with Crippen LogP contribution >= 0.6 is 11.8 Å². The zero-order valence-corrected chi connectivity index (χ0v) is 13.4. The lowest BCUT2D eigenvalue weighted by Crippen LogP contribution is -2.12. The molecule has 0 aliphatic heterocycles. The van der Waals surface area contributed by atoms with Crippen LogP contribution in [-0.2, 0) is 0 Å². The fourth-order valence-electron chi connectivity index (χ4n) is 0.642. The van der Waals surface area contributed by atoms with E-state index in [0.717, 1.165) is 13.1 Å². The first kappa shape index (κ1) is 21.6. The minimum absolute atomic E-state index is 1.10. The van der Waals surface area contributed by atoms with Crippen LogP contribution in [0.25, 0.3) is 0 Å². The Kier molecular flexibility index (Phi) is 39.8. The van der Waals surface area contributed by atoms with Crippen molar-refractivity contribution < 1.29 is 0 Å². The lowest BCUT2D eigenvalue weighted by molar-refractivity contribution is 0.703. The Balaban J connectivity index is -0.000000162. The summed E-state index contributed by atoms with van der Waals surface area (Å²) >= 11 is 2.01. The van der Waals surface area contributed by atoms with E-state index in [2.05, 4.69) is 46.9 Å². The predicted octanol–water partition coefficient (Wildman–Crippen LogP) is 4.96. The van der Waals surface area contributed by atoms with Gasteiger partial charge in [0.25, 0.3) is 0 Å². The second-order valence-electron chi connectivity index (χ2n) is 3.55. The predicted molar refractivity (Wildman–Crippen MR) is 82.7 cm³/mol. The van der Waals surface area contributed by atoms with Gasteiger partial charge in [-0.2, -0.15) is 11.8 Å². The molecule has 0 saturated carbocycles. The normalized spacial score (nSPS) is 8.62. The summed E-state index contributed by atoms with van der Waals surface area (Å²) in [4.78, 5) is 0. The van der Waals surface area contributed by atoms with Crippen molar-refractivity contribution in [3.63, 3.8) is 0 Å². The first-order valence-corrected chi connectivity index (χ1v) is 8.18. The standard InChI is InChI=1S/C5H13N.C5H12S.C4H10/c2*1-3-5-6-4-2;1-3-4-2/h6H,3-5H2,1-2H3;3-5H2,1-2H3;3-4H2,1-2H3.